The van der Waals surface area contributed by atoms with E-state index in [1.165, 1.54) is 13.3 Å². The second kappa shape index (κ2) is 15.4. The first-order valence-corrected chi connectivity index (χ1v) is 12.9. The number of methoxy groups -OCH3 is 1. The fourth-order valence-corrected chi connectivity index (χ4v) is 3.83. The molecule has 0 saturated heterocycles. The number of aliphatic carboxylic acids is 1. The van der Waals surface area contributed by atoms with E-state index in [-0.39, 0.29) is 24.5 Å². The average molecular weight is 557 g/mol. The molecule has 0 fully saturated rings. The number of nitrogens with zero attached hydrogens (tertiary/aromatic N) is 1. The number of nitrogens with one attached hydrogen (secondary N) is 1. The molecule has 40 heavy (non-hydrogen) atoms. The molecule has 0 amide bonds. The number of hydrogen-bond acceptors (Lipinski definition) is 7. The van der Waals surface area contributed by atoms with Gasteiger partial charge in [0.2, 0.25) is 0 Å². The number of allylic oxidation sites excluding steroid dienone is 1. The zero-order valence-corrected chi connectivity index (χ0v) is 23.4. The van der Waals surface area contributed by atoms with Crippen LogP contribution >= 0.6 is 0 Å². The number of rotatable bonds is 10. The van der Waals surface area contributed by atoms with Crippen molar-refractivity contribution in [1.82, 2.24) is 9.97 Å². The van der Waals surface area contributed by atoms with Crippen LogP contribution in [0.25, 0.3) is 21.8 Å². The first-order valence-electron chi connectivity index (χ1n) is 12.9. The average Bonchev–Trinajstić information content (AvgIpc) is 3.31. The molecular formula is C30H37FN2O7. The maximum Gasteiger partial charge on any atom is 0.305 e. The Morgan fingerprint density at radius 2 is 1.77 bits per heavy atom. The number of aromatic amines is 1. The molecule has 2 aromatic heterocycles. The van der Waals surface area contributed by atoms with E-state index in [0.717, 1.165) is 5.69 Å². The molecule has 0 aliphatic rings. The van der Waals surface area contributed by atoms with Crippen LogP contribution in [0.4, 0.5) is 4.39 Å². The standard InChI is InChI=1S/C25H25FN2O7.C3H6.C2H6/c1-13-7-17-18(28-13)3-4-21(25(17)26)35-20-5-6-27-19-11-23(22(33-2)10-16(19)20)34-12-15(30)8-14(29)9-24(31)32;1-3-2;1-2/h3-7,10-11,14-15,28-30H,8-9,12H2,1-2H3,(H,31,32);3H,1H2,2H3;1-2H3. The number of H-pyrrole nitrogens is 1. The monoisotopic (exact) mass is 556 g/mol. The number of carboxylic acids is 1. The van der Waals surface area contributed by atoms with Crippen molar-refractivity contribution < 1.29 is 38.7 Å². The minimum absolute atomic E-state index is 0.0614. The number of pyridine rings is 1. The highest BCUT2D eigenvalue weighted by Gasteiger charge is 2.18. The second-order valence-corrected chi connectivity index (χ2v) is 8.58. The van der Waals surface area contributed by atoms with Crippen molar-refractivity contribution in [2.45, 2.75) is 52.7 Å². The molecular weight excluding hydrogens is 519 g/mol. The van der Waals surface area contributed by atoms with Gasteiger partial charge in [-0.1, -0.05) is 19.9 Å². The van der Waals surface area contributed by atoms with Crippen molar-refractivity contribution in [2.75, 3.05) is 13.7 Å². The summed E-state index contributed by atoms with van der Waals surface area (Å²) in [7, 11) is 1.44. The number of fused-ring (bicyclic) bond motifs is 2. The van der Waals surface area contributed by atoms with E-state index in [1.54, 1.807) is 42.5 Å². The first kappa shape index (κ1) is 32.1. The summed E-state index contributed by atoms with van der Waals surface area (Å²) in [6.07, 6.45) is 0.347. The minimum atomic E-state index is -1.19. The van der Waals surface area contributed by atoms with Crippen molar-refractivity contribution in [1.29, 1.82) is 0 Å². The molecule has 2 aromatic carbocycles. The third-order valence-corrected chi connectivity index (χ3v) is 5.43. The number of ether oxygens (including phenoxy) is 3. The van der Waals surface area contributed by atoms with Gasteiger partial charge in [-0.25, -0.2) is 4.39 Å². The SMILES string of the molecule is C=CC.CC.COc1cc2c(Oc3ccc4[nH]c(C)cc4c3F)ccnc2cc1OCC(O)CC(O)CC(=O)O. The Balaban J connectivity index is 0.00000105. The maximum absolute atomic E-state index is 15.0. The van der Waals surface area contributed by atoms with Gasteiger partial charge in [-0.05, 0) is 44.2 Å². The maximum atomic E-state index is 15.0. The fourth-order valence-electron chi connectivity index (χ4n) is 3.83. The van der Waals surface area contributed by atoms with Crippen LogP contribution in [0.15, 0.2) is 55.3 Å². The van der Waals surface area contributed by atoms with Gasteiger partial charge in [-0.15, -0.1) is 6.58 Å². The smallest absolute Gasteiger partial charge is 0.305 e. The quantitative estimate of drug-likeness (QED) is 0.171. The van der Waals surface area contributed by atoms with Crippen LogP contribution in [0.2, 0.25) is 0 Å². The van der Waals surface area contributed by atoms with E-state index in [4.69, 9.17) is 19.3 Å². The lowest BCUT2D eigenvalue weighted by atomic mass is 10.1. The summed E-state index contributed by atoms with van der Waals surface area (Å²) >= 11 is 0. The fraction of sp³-hybridized carbons (Fsp3) is 0.333. The normalized spacial score (nSPS) is 11.9. The van der Waals surface area contributed by atoms with Gasteiger partial charge >= 0.3 is 5.97 Å². The zero-order valence-electron chi connectivity index (χ0n) is 23.4. The molecule has 4 aromatic rings. The molecule has 0 spiro atoms. The van der Waals surface area contributed by atoms with Crippen LogP contribution in [-0.2, 0) is 4.79 Å². The molecule has 216 valence electrons. The highest BCUT2D eigenvalue weighted by atomic mass is 19.1. The lowest BCUT2D eigenvalue weighted by Crippen LogP contribution is -2.25. The predicted molar refractivity (Wildman–Crippen MR) is 153 cm³/mol. The minimum Gasteiger partial charge on any atom is -0.493 e. The molecule has 0 radical (unpaired) electrons. The molecule has 0 aliphatic heterocycles. The molecule has 0 bridgehead atoms. The van der Waals surface area contributed by atoms with E-state index < -0.39 is 30.4 Å². The third kappa shape index (κ3) is 8.42. The molecule has 10 heteroatoms. The summed E-state index contributed by atoms with van der Waals surface area (Å²) in [5.41, 5.74) is 2.00. The Labute approximate surface area is 232 Å². The molecule has 2 unspecified atom stereocenters. The summed E-state index contributed by atoms with van der Waals surface area (Å²) in [6, 6.07) is 9.85. The highest BCUT2D eigenvalue weighted by Crippen LogP contribution is 2.38. The second-order valence-electron chi connectivity index (χ2n) is 8.58. The topological polar surface area (TPSA) is 134 Å². The van der Waals surface area contributed by atoms with Crippen molar-refractivity contribution in [3.63, 3.8) is 0 Å². The molecule has 0 aliphatic carbocycles. The van der Waals surface area contributed by atoms with Crippen LogP contribution in [0.3, 0.4) is 0 Å². The molecule has 4 N–H and O–H groups in total. The molecule has 4 rings (SSSR count). The highest BCUT2D eigenvalue weighted by molar-refractivity contribution is 5.89. The van der Waals surface area contributed by atoms with Gasteiger partial charge in [0.05, 0.1) is 31.3 Å². The van der Waals surface area contributed by atoms with Gasteiger partial charge in [0, 0.05) is 40.7 Å². The van der Waals surface area contributed by atoms with Gasteiger partial charge in [0.25, 0.3) is 0 Å². The molecule has 2 heterocycles. The van der Waals surface area contributed by atoms with Crippen molar-refractivity contribution >= 4 is 27.8 Å². The number of aromatic nitrogens is 2. The number of carbonyl (C=O) groups is 1. The van der Waals surface area contributed by atoms with Crippen LogP contribution in [0, 0.1) is 12.7 Å². The Hall–Kier alpha value is -4.15. The van der Waals surface area contributed by atoms with Gasteiger partial charge < -0.3 is 34.5 Å². The van der Waals surface area contributed by atoms with E-state index >= 15 is 4.39 Å². The summed E-state index contributed by atoms with van der Waals surface area (Å²) in [6.45, 7) is 10.9. The van der Waals surface area contributed by atoms with E-state index in [1.807, 2.05) is 27.7 Å². The van der Waals surface area contributed by atoms with Gasteiger partial charge in [0.15, 0.2) is 23.1 Å². The largest absolute Gasteiger partial charge is 0.493 e. The zero-order chi connectivity index (χ0) is 29.8. The van der Waals surface area contributed by atoms with E-state index in [0.29, 0.717) is 33.3 Å². The summed E-state index contributed by atoms with van der Waals surface area (Å²) in [5, 5.41) is 29.5. The van der Waals surface area contributed by atoms with Crippen LogP contribution < -0.4 is 14.2 Å². The molecule has 9 nitrogen and oxygen atoms in total. The lowest BCUT2D eigenvalue weighted by Gasteiger charge is -2.17. The van der Waals surface area contributed by atoms with Crippen molar-refractivity contribution in [2.24, 2.45) is 0 Å². The Bertz CT molecular complexity index is 1420. The number of carboxylic acid groups (broad SMARTS) is 1. The van der Waals surface area contributed by atoms with Crippen LogP contribution in [0.1, 0.15) is 39.3 Å². The summed E-state index contributed by atoms with van der Waals surface area (Å²) in [5.74, 6) is -0.608. The number of aryl methyl sites for hydroxylation is 1. The number of halogens is 1. The summed E-state index contributed by atoms with van der Waals surface area (Å²) in [4.78, 5) is 18.1. The van der Waals surface area contributed by atoms with Crippen molar-refractivity contribution in [3.05, 3.63) is 66.8 Å². The number of hydrogen-bond donors (Lipinski definition) is 4. The number of aliphatic hydroxyl groups excluding tert-OH is 2. The number of benzene rings is 2. The third-order valence-electron chi connectivity index (χ3n) is 5.43. The van der Waals surface area contributed by atoms with Gasteiger partial charge in [-0.2, -0.15) is 0 Å². The predicted octanol–water partition coefficient (Wildman–Crippen LogP) is 6.15. The Morgan fingerprint density at radius 3 is 2.42 bits per heavy atom. The van der Waals surface area contributed by atoms with Gasteiger partial charge in [0.1, 0.15) is 12.4 Å². The van der Waals surface area contributed by atoms with E-state index in [9.17, 15) is 15.0 Å². The first-order chi connectivity index (χ1) is 19.2. The van der Waals surface area contributed by atoms with E-state index in [2.05, 4.69) is 16.5 Å². The summed E-state index contributed by atoms with van der Waals surface area (Å²) < 4.78 is 32.0. The Morgan fingerprint density at radius 1 is 1.07 bits per heavy atom. The Kier molecular flexibility index (Phi) is 12.4. The lowest BCUT2D eigenvalue weighted by molar-refractivity contribution is -0.139. The van der Waals surface area contributed by atoms with Gasteiger partial charge in [-0.3, -0.25) is 9.78 Å². The molecule has 0 saturated carbocycles. The van der Waals surface area contributed by atoms with Crippen molar-refractivity contribution in [3.8, 4) is 23.0 Å². The van der Waals surface area contributed by atoms with Crippen LogP contribution in [0.5, 0.6) is 23.0 Å². The van der Waals surface area contributed by atoms with Crippen LogP contribution in [-0.4, -0.2) is 57.2 Å². The molecule has 2 atom stereocenters. The number of aliphatic hydroxyl groups is 2.